The van der Waals surface area contributed by atoms with E-state index in [1.165, 1.54) is 37.6 Å². The fourth-order valence-corrected chi connectivity index (χ4v) is 4.04. The third kappa shape index (κ3) is 4.26. The summed E-state index contributed by atoms with van der Waals surface area (Å²) in [6.45, 7) is 6.58. The zero-order chi connectivity index (χ0) is 19.5. The first-order chi connectivity index (χ1) is 13.6. The van der Waals surface area contributed by atoms with Gasteiger partial charge in [-0.2, -0.15) is 0 Å². The van der Waals surface area contributed by atoms with Crippen molar-refractivity contribution in [3.05, 3.63) is 70.5 Å². The molecular formula is C23H27FN2O2. The van der Waals surface area contributed by atoms with Gasteiger partial charge in [-0.1, -0.05) is 24.3 Å². The number of carbonyl (C=O) groups excluding carboxylic acids is 1. The smallest absolute Gasteiger partial charge is 0.254 e. The first kappa shape index (κ1) is 19.1. The highest BCUT2D eigenvalue weighted by atomic mass is 19.1. The third-order valence-corrected chi connectivity index (χ3v) is 5.71. The van der Waals surface area contributed by atoms with Crippen molar-refractivity contribution in [3.8, 4) is 0 Å². The largest absolute Gasteiger partial charge is 0.370 e. The zero-order valence-corrected chi connectivity index (χ0v) is 16.4. The van der Waals surface area contributed by atoms with E-state index in [1.54, 1.807) is 19.1 Å². The maximum Gasteiger partial charge on any atom is 0.254 e. The zero-order valence-electron chi connectivity index (χ0n) is 16.4. The fourth-order valence-electron chi connectivity index (χ4n) is 4.04. The van der Waals surface area contributed by atoms with E-state index in [0.717, 1.165) is 12.1 Å². The molecule has 0 radical (unpaired) electrons. The Morgan fingerprint density at radius 1 is 1.11 bits per heavy atom. The highest BCUT2D eigenvalue weighted by molar-refractivity contribution is 5.94. The number of benzene rings is 2. The first-order valence-electron chi connectivity index (χ1n) is 10.1. The SMILES string of the molecule is Cc1cc([C@H]2CN(C(=O)c3ccc(CN4CCCC4)cc3)CCO2)ccc1F. The number of morpholine rings is 1. The summed E-state index contributed by atoms with van der Waals surface area (Å²) in [7, 11) is 0. The summed E-state index contributed by atoms with van der Waals surface area (Å²) in [6, 6.07) is 13.0. The van der Waals surface area contributed by atoms with Gasteiger partial charge in [0.15, 0.2) is 0 Å². The van der Waals surface area contributed by atoms with E-state index >= 15 is 0 Å². The van der Waals surface area contributed by atoms with Crippen LogP contribution in [-0.2, 0) is 11.3 Å². The summed E-state index contributed by atoms with van der Waals surface area (Å²) in [5.74, 6) is -0.193. The van der Waals surface area contributed by atoms with Gasteiger partial charge in [-0.25, -0.2) is 4.39 Å². The van der Waals surface area contributed by atoms with E-state index in [0.29, 0.717) is 30.8 Å². The van der Waals surface area contributed by atoms with Crippen LogP contribution in [0.25, 0.3) is 0 Å². The Kier molecular flexibility index (Phi) is 5.74. The van der Waals surface area contributed by atoms with Gasteiger partial charge in [-0.3, -0.25) is 9.69 Å². The highest BCUT2D eigenvalue weighted by Crippen LogP contribution is 2.25. The number of aryl methyl sites for hydroxylation is 1. The number of halogens is 1. The van der Waals surface area contributed by atoms with Gasteiger partial charge in [-0.15, -0.1) is 0 Å². The molecule has 1 amide bonds. The molecule has 0 aliphatic carbocycles. The second-order valence-electron chi connectivity index (χ2n) is 7.80. The van der Waals surface area contributed by atoms with E-state index in [4.69, 9.17) is 4.74 Å². The van der Waals surface area contributed by atoms with E-state index in [1.807, 2.05) is 17.0 Å². The molecule has 2 fully saturated rings. The molecule has 4 nitrogen and oxygen atoms in total. The molecule has 5 heteroatoms. The average molecular weight is 382 g/mol. The minimum Gasteiger partial charge on any atom is -0.370 e. The van der Waals surface area contributed by atoms with Crippen LogP contribution in [0.2, 0.25) is 0 Å². The fraction of sp³-hybridized carbons (Fsp3) is 0.435. The Balaban J connectivity index is 1.41. The van der Waals surface area contributed by atoms with Crippen LogP contribution in [0.1, 0.15) is 46.0 Å². The normalized spacial score (nSPS) is 20.5. The van der Waals surface area contributed by atoms with Crippen LogP contribution in [0.3, 0.4) is 0 Å². The molecule has 0 bridgehead atoms. The Morgan fingerprint density at radius 2 is 1.86 bits per heavy atom. The number of carbonyl (C=O) groups is 1. The molecule has 28 heavy (non-hydrogen) atoms. The summed E-state index contributed by atoms with van der Waals surface area (Å²) >= 11 is 0. The van der Waals surface area contributed by atoms with Crippen LogP contribution >= 0.6 is 0 Å². The van der Waals surface area contributed by atoms with Crippen molar-refractivity contribution in [3.63, 3.8) is 0 Å². The predicted octanol–water partition coefficient (Wildman–Crippen LogP) is 3.94. The molecule has 2 aromatic carbocycles. The molecule has 148 valence electrons. The Hall–Kier alpha value is -2.24. The van der Waals surface area contributed by atoms with Crippen LogP contribution in [0, 0.1) is 12.7 Å². The van der Waals surface area contributed by atoms with Gasteiger partial charge in [0.25, 0.3) is 5.91 Å². The van der Waals surface area contributed by atoms with Gasteiger partial charge in [0, 0.05) is 18.7 Å². The summed E-state index contributed by atoms with van der Waals surface area (Å²) in [4.78, 5) is 17.2. The monoisotopic (exact) mass is 382 g/mol. The van der Waals surface area contributed by atoms with Crippen LogP contribution < -0.4 is 0 Å². The molecule has 0 spiro atoms. The molecule has 2 aliphatic heterocycles. The van der Waals surface area contributed by atoms with Crippen LogP contribution in [0.15, 0.2) is 42.5 Å². The minimum atomic E-state index is -0.221. The topological polar surface area (TPSA) is 32.8 Å². The Bertz CT molecular complexity index is 831. The molecule has 2 aliphatic rings. The maximum absolute atomic E-state index is 13.5. The third-order valence-electron chi connectivity index (χ3n) is 5.71. The molecule has 2 saturated heterocycles. The van der Waals surface area contributed by atoms with E-state index in [2.05, 4.69) is 17.0 Å². The predicted molar refractivity (Wildman–Crippen MR) is 107 cm³/mol. The Morgan fingerprint density at radius 3 is 2.57 bits per heavy atom. The van der Waals surface area contributed by atoms with Crippen LogP contribution in [-0.4, -0.2) is 48.5 Å². The van der Waals surface area contributed by atoms with Gasteiger partial charge in [-0.05, 0) is 67.7 Å². The lowest BCUT2D eigenvalue weighted by Crippen LogP contribution is -2.42. The van der Waals surface area contributed by atoms with Crippen molar-refractivity contribution in [1.82, 2.24) is 9.80 Å². The average Bonchev–Trinajstić information content (AvgIpc) is 3.23. The molecule has 4 rings (SSSR count). The summed E-state index contributed by atoms with van der Waals surface area (Å²) in [5, 5.41) is 0. The molecule has 0 unspecified atom stereocenters. The van der Waals surface area contributed by atoms with Gasteiger partial charge in [0.05, 0.1) is 13.2 Å². The number of rotatable bonds is 4. The summed E-state index contributed by atoms with van der Waals surface area (Å²) < 4.78 is 19.4. The van der Waals surface area contributed by atoms with E-state index in [-0.39, 0.29) is 17.8 Å². The number of likely N-dealkylation sites (tertiary alicyclic amines) is 1. The molecule has 2 heterocycles. The van der Waals surface area contributed by atoms with Gasteiger partial charge < -0.3 is 9.64 Å². The lowest BCUT2D eigenvalue weighted by molar-refractivity contribution is -0.0228. The lowest BCUT2D eigenvalue weighted by atomic mass is 10.0. The number of nitrogens with zero attached hydrogens (tertiary/aromatic N) is 2. The maximum atomic E-state index is 13.5. The minimum absolute atomic E-state index is 0.0276. The van der Waals surface area contributed by atoms with E-state index < -0.39 is 0 Å². The van der Waals surface area contributed by atoms with Gasteiger partial charge in [0.1, 0.15) is 11.9 Å². The Labute approximate surface area is 165 Å². The first-order valence-corrected chi connectivity index (χ1v) is 10.1. The molecule has 0 aromatic heterocycles. The number of amides is 1. The summed E-state index contributed by atoms with van der Waals surface area (Å²) in [5.41, 5.74) is 3.47. The standard InChI is InChI=1S/C23H27FN2O2/c1-17-14-20(8-9-21(17)24)22-16-26(12-13-28-22)23(27)19-6-4-18(5-7-19)15-25-10-2-3-11-25/h4-9,14,22H,2-3,10-13,15-16H2,1H3/t22-/m1/s1. The van der Waals surface area contributed by atoms with E-state index in [9.17, 15) is 9.18 Å². The van der Waals surface area contributed by atoms with Crippen LogP contribution in [0.4, 0.5) is 4.39 Å². The van der Waals surface area contributed by atoms with Gasteiger partial charge in [0.2, 0.25) is 0 Å². The second kappa shape index (κ2) is 8.41. The lowest BCUT2D eigenvalue weighted by Gasteiger charge is -2.33. The van der Waals surface area contributed by atoms with Crippen molar-refractivity contribution in [1.29, 1.82) is 0 Å². The number of hydrogen-bond donors (Lipinski definition) is 0. The highest BCUT2D eigenvalue weighted by Gasteiger charge is 2.26. The molecule has 2 aromatic rings. The molecule has 0 N–H and O–H groups in total. The molecule has 1 atom stereocenters. The number of hydrogen-bond acceptors (Lipinski definition) is 3. The van der Waals surface area contributed by atoms with Crippen LogP contribution in [0.5, 0.6) is 0 Å². The summed E-state index contributed by atoms with van der Waals surface area (Å²) in [6.07, 6.45) is 2.34. The van der Waals surface area contributed by atoms with Crippen molar-refractivity contribution < 1.29 is 13.9 Å². The molecular weight excluding hydrogens is 355 g/mol. The van der Waals surface area contributed by atoms with Crippen molar-refractivity contribution in [2.24, 2.45) is 0 Å². The molecule has 0 saturated carbocycles. The van der Waals surface area contributed by atoms with Crippen molar-refractivity contribution in [2.45, 2.75) is 32.4 Å². The quantitative estimate of drug-likeness (QED) is 0.803. The van der Waals surface area contributed by atoms with Crippen molar-refractivity contribution in [2.75, 3.05) is 32.8 Å². The van der Waals surface area contributed by atoms with Crippen molar-refractivity contribution >= 4 is 5.91 Å². The van der Waals surface area contributed by atoms with Gasteiger partial charge >= 0.3 is 0 Å². The number of ether oxygens (including phenoxy) is 1. The second-order valence-corrected chi connectivity index (χ2v) is 7.80.